The summed E-state index contributed by atoms with van der Waals surface area (Å²) in [7, 11) is 1.59. The van der Waals surface area contributed by atoms with E-state index in [9.17, 15) is 4.79 Å². The predicted molar refractivity (Wildman–Crippen MR) is 165 cm³/mol. The Balaban J connectivity index is 1.35. The number of ether oxygens (including phenoxy) is 3. The van der Waals surface area contributed by atoms with Gasteiger partial charge in [0.25, 0.3) is 5.56 Å². The highest BCUT2D eigenvalue weighted by molar-refractivity contribution is 5.91. The van der Waals surface area contributed by atoms with E-state index in [2.05, 4.69) is 5.10 Å². The highest BCUT2D eigenvalue weighted by Gasteiger charge is 2.22. The molecule has 2 aromatic heterocycles. The van der Waals surface area contributed by atoms with Crippen molar-refractivity contribution in [2.75, 3.05) is 20.3 Å². The topological polar surface area (TPSA) is 77.8 Å². The Hall–Kier alpha value is -5.14. The second-order valence-electron chi connectivity index (χ2n) is 9.88. The van der Waals surface area contributed by atoms with Gasteiger partial charge in [-0.2, -0.15) is 4.52 Å². The van der Waals surface area contributed by atoms with Crippen LogP contribution in [0, 0.1) is 6.92 Å². The van der Waals surface area contributed by atoms with Crippen molar-refractivity contribution in [3.05, 3.63) is 131 Å². The van der Waals surface area contributed by atoms with Crippen molar-refractivity contribution in [2.24, 2.45) is 0 Å². The average Bonchev–Trinajstić information content (AvgIpc) is 3.42. The number of rotatable bonds is 10. The molecular weight excluding hydrogens is 526 g/mol. The van der Waals surface area contributed by atoms with Gasteiger partial charge in [0.15, 0.2) is 17.1 Å². The summed E-state index contributed by atoms with van der Waals surface area (Å²) in [4.78, 5) is 19.0. The molecule has 1 N–H and O–H groups in total. The number of methoxy groups -OCH3 is 1. The minimum Gasteiger partial charge on any atom is -0.493 e. The number of aryl methyl sites for hydroxylation is 1. The van der Waals surface area contributed by atoms with E-state index in [1.165, 1.54) is 4.52 Å². The maximum Gasteiger partial charge on any atom is 0.280 e. The summed E-state index contributed by atoms with van der Waals surface area (Å²) in [6.07, 6.45) is 0. The van der Waals surface area contributed by atoms with Crippen molar-refractivity contribution < 1.29 is 14.2 Å². The van der Waals surface area contributed by atoms with E-state index in [4.69, 9.17) is 19.2 Å². The van der Waals surface area contributed by atoms with Crippen molar-refractivity contribution in [3.63, 3.8) is 0 Å². The standard InChI is InChI=1S/C35H31N3O4/c1-24-31(28-18-19-29(40-2)30(22-28)42-21-20-41-23-25-12-6-3-7-13-25)35(39)38-34(36-24)32(26-14-8-4-9-15-26)33(37-38)27-16-10-5-11-17-27/h3-19,22,37H,20-21,23H2,1-2H3. The highest BCUT2D eigenvalue weighted by atomic mass is 16.5. The molecule has 0 radical (unpaired) electrons. The van der Waals surface area contributed by atoms with Gasteiger partial charge in [-0.1, -0.05) is 97.1 Å². The molecule has 0 aliphatic carbocycles. The number of hydrogen-bond acceptors (Lipinski definition) is 5. The molecule has 0 atom stereocenters. The van der Waals surface area contributed by atoms with E-state index >= 15 is 0 Å². The van der Waals surface area contributed by atoms with Crippen LogP contribution < -0.4 is 15.0 Å². The van der Waals surface area contributed by atoms with E-state index < -0.39 is 0 Å². The summed E-state index contributed by atoms with van der Waals surface area (Å²) >= 11 is 0. The Morgan fingerprint density at radius 2 is 1.40 bits per heavy atom. The Labute approximate surface area is 244 Å². The van der Waals surface area contributed by atoms with Gasteiger partial charge < -0.3 is 14.2 Å². The monoisotopic (exact) mass is 557 g/mol. The zero-order valence-corrected chi connectivity index (χ0v) is 23.5. The van der Waals surface area contributed by atoms with Gasteiger partial charge in [0, 0.05) is 5.56 Å². The normalized spacial score (nSPS) is 11.1. The van der Waals surface area contributed by atoms with Crippen LogP contribution in [0.15, 0.2) is 114 Å². The molecule has 6 aromatic rings. The molecule has 7 nitrogen and oxygen atoms in total. The smallest absolute Gasteiger partial charge is 0.280 e. The van der Waals surface area contributed by atoms with Crippen molar-refractivity contribution in [1.82, 2.24) is 14.6 Å². The number of aromatic amines is 1. The number of nitrogens with zero attached hydrogens (tertiary/aromatic N) is 2. The molecule has 0 bridgehead atoms. The Morgan fingerprint density at radius 3 is 2.10 bits per heavy atom. The lowest BCUT2D eigenvalue weighted by Crippen LogP contribution is -2.19. The van der Waals surface area contributed by atoms with Gasteiger partial charge >= 0.3 is 0 Å². The quantitative estimate of drug-likeness (QED) is 0.185. The molecule has 0 amide bonds. The summed E-state index contributed by atoms with van der Waals surface area (Å²) in [6, 6.07) is 35.5. The molecule has 6 rings (SSSR count). The SMILES string of the molecule is COc1ccc(-c2c(C)nc3c(-c4ccccc4)c(-c4ccccc4)[nH]n3c2=O)cc1OCCOCc1ccccc1. The summed E-state index contributed by atoms with van der Waals surface area (Å²) in [5.74, 6) is 1.11. The number of hydrogen-bond donors (Lipinski definition) is 1. The minimum absolute atomic E-state index is 0.195. The second-order valence-corrected chi connectivity index (χ2v) is 9.88. The Kier molecular flexibility index (Phi) is 7.83. The highest BCUT2D eigenvalue weighted by Crippen LogP contribution is 2.36. The molecule has 0 unspecified atom stereocenters. The number of H-pyrrole nitrogens is 1. The summed E-state index contributed by atoms with van der Waals surface area (Å²) in [6.45, 7) is 3.11. The Bertz CT molecular complexity index is 1860. The van der Waals surface area contributed by atoms with E-state index in [1.807, 2.05) is 116 Å². The fraction of sp³-hybridized carbons (Fsp3) is 0.143. The van der Waals surface area contributed by atoms with Crippen molar-refractivity contribution in [2.45, 2.75) is 13.5 Å². The van der Waals surface area contributed by atoms with Crippen molar-refractivity contribution in [3.8, 4) is 45.0 Å². The van der Waals surface area contributed by atoms with Gasteiger partial charge in [-0.15, -0.1) is 0 Å². The van der Waals surface area contributed by atoms with Crippen LogP contribution in [0.3, 0.4) is 0 Å². The van der Waals surface area contributed by atoms with E-state index in [0.29, 0.717) is 53.8 Å². The molecule has 7 heteroatoms. The average molecular weight is 558 g/mol. The fourth-order valence-electron chi connectivity index (χ4n) is 5.12. The molecule has 210 valence electrons. The molecule has 0 saturated carbocycles. The molecule has 0 aliphatic heterocycles. The van der Waals surface area contributed by atoms with E-state index in [-0.39, 0.29) is 5.56 Å². The maximum atomic E-state index is 14.1. The van der Waals surface area contributed by atoms with Crippen molar-refractivity contribution in [1.29, 1.82) is 0 Å². The van der Waals surface area contributed by atoms with Crippen LogP contribution in [-0.4, -0.2) is 34.9 Å². The third-order valence-electron chi connectivity index (χ3n) is 7.14. The molecular formula is C35H31N3O4. The summed E-state index contributed by atoms with van der Waals surface area (Å²) in [5.41, 5.74) is 6.94. The lowest BCUT2D eigenvalue weighted by Gasteiger charge is -2.13. The fourth-order valence-corrected chi connectivity index (χ4v) is 5.12. The van der Waals surface area contributed by atoms with Crippen LogP contribution in [0.1, 0.15) is 11.3 Å². The minimum atomic E-state index is -0.195. The van der Waals surface area contributed by atoms with Crippen LogP contribution in [0.4, 0.5) is 0 Å². The first-order chi connectivity index (χ1) is 20.6. The van der Waals surface area contributed by atoms with Crippen LogP contribution in [0.2, 0.25) is 0 Å². The first kappa shape index (κ1) is 27.1. The lowest BCUT2D eigenvalue weighted by atomic mass is 10.0. The van der Waals surface area contributed by atoms with Gasteiger partial charge in [-0.3, -0.25) is 9.89 Å². The largest absolute Gasteiger partial charge is 0.493 e. The zero-order chi connectivity index (χ0) is 28.9. The van der Waals surface area contributed by atoms with Gasteiger partial charge in [0.2, 0.25) is 0 Å². The number of aromatic nitrogens is 3. The lowest BCUT2D eigenvalue weighted by molar-refractivity contribution is 0.0880. The Morgan fingerprint density at radius 1 is 0.738 bits per heavy atom. The van der Waals surface area contributed by atoms with Crippen LogP contribution in [0.5, 0.6) is 11.5 Å². The van der Waals surface area contributed by atoms with Crippen LogP contribution >= 0.6 is 0 Å². The van der Waals surface area contributed by atoms with Gasteiger partial charge in [-0.05, 0) is 35.7 Å². The third-order valence-corrected chi connectivity index (χ3v) is 7.14. The number of benzene rings is 4. The van der Waals surface area contributed by atoms with Gasteiger partial charge in [-0.25, -0.2) is 4.98 Å². The molecule has 4 aromatic carbocycles. The van der Waals surface area contributed by atoms with Gasteiger partial charge in [0.1, 0.15) is 6.61 Å². The van der Waals surface area contributed by atoms with Crippen molar-refractivity contribution >= 4 is 5.65 Å². The molecule has 0 spiro atoms. The molecule has 2 heterocycles. The van der Waals surface area contributed by atoms with Gasteiger partial charge in [0.05, 0.1) is 42.8 Å². The zero-order valence-electron chi connectivity index (χ0n) is 23.5. The summed E-state index contributed by atoms with van der Waals surface area (Å²) in [5, 5.41) is 3.35. The number of nitrogens with one attached hydrogen (secondary N) is 1. The van der Waals surface area contributed by atoms with E-state index in [1.54, 1.807) is 7.11 Å². The molecule has 0 fully saturated rings. The molecule has 0 saturated heterocycles. The first-order valence-electron chi connectivity index (χ1n) is 13.8. The second kappa shape index (κ2) is 12.2. The molecule has 42 heavy (non-hydrogen) atoms. The third kappa shape index (κ3) is 5.42. The van der Waals surface area contributed by atoms with E-state index in [0.717, 1.165) is 27.9 Å². The first-order valence-corrected chi connectivity index (χ1v) is 13.8. The van der Waals surface area contributed by atoms with Crippen LogP contribution in [-0.2, 0) is 11.3 Å². The summed E-state index contributed by atoms with van der Waals surface area (Å²) < 4.78 is 18.9. The van der Waals surface area contributed by atoms with Crippen LogP contribution in [0.25, 0.3) is 39.2 Å². The maximum absolute atomic E-state index is 14.1. The molecule has 0 aliphatic rings. The number of fused-ring (bicyclic) bond motifs is 1. The predicted octanol–water partition coefficient (Wildman–Crippen LogP) is 6.94.